The van der Waals surface area contributed by atoms with Gasteiger partial charge in [-0.25, -0.2) is 9.59 Å². The smallest absolute Gasteiger partial charge is 0.404 e. The number of benzene rings is 2. The number of hydrogen-bond acceptors (Lipinski definition) is 5. The number of aliphatic hydroxyl groups is 1. The van der Waals surface area contributed by atoms with Gasteiger partial charge in [-0.15, -0.1) is 11.3 Å². The lowest BCUT2D eigenvalue weighted by Gasteiger charge is -2.36. The van der Waals surface area contributed by atoms with Gasteiger partial charge >= 0.3 is 12.1 Å². The van der Waals surface area contributed by atoms with Crippen molar-refractivity contribution < 1.29 is 19.8 Å². The van der Waals surface area contributed by atoms with Crippen LogP contribution in [0.2, 0.25) is 0 Å². The van der Waals surface area contributed by atoms with Gasteiger partial charge in [0.1, 0.15) is 0 Å². The van der Waals surface area contributed by atoms with E-state index < -0.39 is 35.7 Å². The van der Waals surface area contributed by atoms with Crippen molar-refractivity contribution in [2.75, 3.05) is 0 Å². The molecule has 0 bridgehead atoms. The van der Waals surface area contributed by atoms with E-state index in [1.807, 2.05) is 81.4 Å². The van der Waals surface area contributed by atoms with Gasteiger partial charge in [-0.3, -0.25) is 4.98 Å². The van der Waals surface area contributed by atoms with Gasteiger partial charge in [0.15, 0.2) is 0 Å². The van der Waals surface area contributed by atoms with E-state index in [2.05, 4.69) is 20.9 Å². The van der Waals surface area contributed by atoms with Gasteiger partial charge in [-0.05, 0) is 51.2 Å². The molecule has 8 nitrogen and oxygen atoms in total. The fourth-order valence-electron chi connectivity index (χ4n) is 4.38. The SMILES string of the molecule is CC(C)(C)NC(=O)N[C@@H](Cc1ccccc1)C(Cc1cncs1)[C@H](O)[C@H](Cc1ccccc1)NC(=O)O. The topological polar surface area (TPSA) is 124 Å². The molecule has 1 unspecified atom stereocenters. The van der Waals surface area contributed by atoms with E-state index in [-0.39, 0.29) is 6.03 Å². The van der Waals surface area contributed by atoms with Crippen molar-refractivity contribution in [1.29, 1.82) is 0 Å². The van der Waals surface area contributed by atoms with Crippen LogP contribution in [-0.2, 0) is 19.3 Å². The first-order valence-corrected chi connectivity index (χ1v) is 13.2. The molecule has 1 aromatic heterocycles. The third-order valence-electron chi connectivity index (χ3n) is 6.00. The number of carboxylic acid groups (broad SMARTS) is 1. The third kappa shape index (κ3) is 9.51. The molecule has 5 N–H and O–H groups in total. The molecule has 0 fully saturated rings. The summed E-state index contributed by atoms with van der Waals surface area (Å²) >= 11 is 1.46. The first kappa shape index (κ1) is 28.1. The number of aliphatic hydroxyl groups excluding tert-OH is 1. The van der Waals surface area contributed by atoms with Crippen LogP contribution in [0.1, 0.15) is 36.8 Å². The number of carbonyl (C=O) groups is 2. The lowest BCUT2D eigenvalue weighted by atomic mass is 9.81. The summed E-state index contributed by atoms with van der Waals surface area (Å²) in [4.78, 5) is 29.8. The summed E-state index contributed by atoms with van der Waals surface area (Å²) in [5.41, 5.74) is 3.17. The highest BCUT2D eigenvalue weighted by Crippen LogP contribution is 2.25. The molecule has 0 aliphatic heterocycles. The first-order valence-electron chi connectivity index (χ1n) is 12.3. The zero-order valence-corrected chi connectivity index (χ0v) is 22.2. The van der Waals surface area contributed by atoms with Crippen molar-refractivity contribution in [3.05, 3.63) is 88.4 Å². The van der Waals surface area contributed by atoms with E-state index >= 15 is 0 Å². The Kier molecular flexibility index (Phi) is 10.0. The van der Waals surface area contributed by atoms with Crippen LogP contribution in [0.3, 0.4) is 0 Å². The Labute approximate surface area is 222 Å². The lowest BCUT2D eigenvalue weighted by Crippen LogP contribution is -2.57. The van der Waals surface area contributed by atoms with Crippen molar-refractivity contribution in [2.24, 2.45) is 5.92 Å². The minimum Gasteiger partial charge on any atom is -0.465 e. The highest BCUT2D eigenvalue weighted by atomic mass is 32.1. The van der Waals surface area contributed by atoms with Gasteiger partial charge < -0.3 is 26.2 Å². The van der Waals surface area contributed by atoms with E-state index in [1.165, 1.54) is 11.3 Å². The highest BCUT2D eigenvalue weighted by Gasteiger charge is 2.36. The van der Waals surface area contributed by atoms with Crippen LogP contribution in [0.25, 0.3) is 0 Å². The summed E-state index contributed by atoms with van der Waals surface area (Å²) in [5, 5.41) is 29.9. The average Bonchev–Trinajstić information content (AvgIpc) is 3.34. The number of urea groups is 1. The molecule has 9 heteroatoms. The van der Waals surface area contributed by atoms with E-state index in [0.29, 0.717) is 19.3 Å². The first-order chi connectivity index (χ1) is 17.6. The monoisotopic (exact) mass is 524 g/mol. The Bertz CT molecular complexity index is 1100. The molecule has 0 saturated carbocycles. The number of thiazole rings is 1. The number of rotatable bonds is 11. The highest BCUT2D eigenvalue weighted by molar-refractivity contribution is 7.09. The minimum absolute atomic E-state index is 0.305. The number of hydrogen-bond donors (Lipinski definition) is 5. The normalized spacial score (nSPS) is 14.7. The molecule has 198 valence electrons. The summed E-state index contributed by atoms with van der Waals surface area (Å²) in [6.07, 6.45) is 0.627. The van der Waals surface area contributed by atoms with Gasteiger partial charge in [0.25, 0.3) is 0 Å². The van der Waals surface area contributed by atoms with Crippen LogP contribution in [-0.4, -0.2) is 51.0 Å². The fourth-order valence-corrected chi connectivity index (χ4v) is 5.05. The van der Waals surface area contributed by atoms with Gasteiger partial charge in [0, 0.05) is 28.6 Å². The summed E-state index contributed by atoms with van der Waals surface area (Å²) in [7, 11) is 0. The van der Waals surface area contributed by atoms with Crippen LogP contribution in [0.15, 0.2) is 72.4 Å². The van der Waals surface area contributed by atoms with Crippen molar-refractivity contribution >= 4 is 23.5 Å². The van der Waals surface area contributed by atoms with E-state index in [0.717, 1.165) is 16.0 Å². The standard InChI is InChI=1S/C28H36N4O4S/c1-28(2,3)32-26(34)30-23(14-19-10-6-4-7-11-19)22(16-21-17-29-18-37-21)25(33)24(31-27(35)36)15-20-12-8-5-9-13-20/h4-13,17-18,22-25,31,33H,14-16H2,1-3H3,(H,35,36)(H2,30,32,34)/t22?,23-,24-,25-/m0/s1. The lowest BCUT2D eigenvalue weighted by molar-refractivity contribution is 0.0504. The van der Waals surface area contributed by atoms with Crippen LogP contribution in [0.5, 0.6) is 0 Å². The molecule has 3 rings (SSSR count). The third-order valence-corrected chi connectivity index (χ3v) is 6.80. The fraction of sp³-hybridized carbons (Fsp3) is 0.393. The largest absolute Gasteiger partial charge is 0.465 e. The quantitative estimate of drug-likeness (QED) is 0.257. The number of aromatic nitrogens is 1. The van der Waals surface area contributed by atoms with Crippen molar-refractivity contribution in [3.63, 3.8) is 0 Å². The van der Waals surface area contributed by atoms with E-state index in [9.17, 15) is 19.8 Å². The van der Waals surface area contributed by atoms with Gasteiger partial charge in [-0.1, -0.05) is 60.7 Å². The van der Waals surface area contributed by atoms with Crippen molar-refractivity contribution in [3.8, 4) is 0 Å². The molecule has 2 aromatic carbocycles. The molecular weight excluding hydrogens is 488 g/mol. The number of nitrogens with zero attached hydrogens (tertiary/aromatic N) is 1. The van der Waals surface area contributed by atoms with Crippen molar-refractivity contribution in [2.45, 2.75) is 63.8 Å². The summed E-state index contributed by atoms with van der Waals surface area (Å²) in [5.74, 6) is -0.507. The number of amides is 3. The summed E-state index contributed by atoms with van der Waals surface area (Å²) < 4.78 is 0. The molecule has 0 saturated heterocycles. The second-order valence-corrected chi connectivity index (χ2v) is 11.2. The predicted octanol–water partition coefficient (Wildman–Crippen LogP) is 4.25. The maximum Gasteiger partial charge on any atom is 0.404 e. The molecular formula is C28H36N4O4S. The van der Waals surface area contributed by atoms with Crippen LogP contribution in [0.4, 0.5) is 9.59 Å². The molecule has 0 radical (unpaired) electrons. The van der Waals surface area contributed by atoms with Crippen LogP contribution >= 0.6 is 11.3 Å². The van der Waals surface area contributed by atoms with Crippen molar-refractivity contribution in [1.82, 2.24) is 20.9 Å². The molecule has 3 amide bonds. The Balaban J connectivity index is 1.97. The molecule has 1 heterocycles. The maximum atomic E-state index is 13.0. The second-order valence-electron chi connectivity index (χ2n) is 10.2. The zero-order chi connectivity index (χ0) is 26.8. The molecule has 3 aromatic rings. The van der Waals surface area contributed by atoms with Gasteiger partial charge in [-0.2, -0.15) is 0 Å². The van der Waals surface area contributed by atoms with Crippen LogP contribution < -0.4 is 16.0 Å². The Morgan fingerprint density at radius 2 is 1.46 bits per heavy atom. The average molecular weight is 525 g/mol. The zero-order valence-electron chi connectivity index (χ0n) is 21.4. The molecule has 0 aliphatic rings. The van der Waals surface area contributed by atoms with Gasteiger partial charge in [0.2, 0.25) is 0 Å². The summed E-state index contributed by atoms with van der Waals surface area (Å²) in [6.45, 7) is 5.69. The molecule has 37 heavy (non-hydrogen) atoms. The second kappa shape index (κ2) is 13.2. The van der Waals surface area contributed by atoms with Gasteiger partial charge in [0.05, 0.1) is 17.7 Å². The predicted molar refractivity (Wildman–Crippen MR) is 146 cm³/mol. The molecule has 0 spiro atoms. The number of carbonyl (C=O) groups excluding carboxylic acids is 1. The Morgan fingerprint density at radius 3 is 1.95 bits per heavy atom. The van der Waals surface area contributed by atoms with Crippen LogP contribution in [0, 0.1) is 5.92 Å². The Morgan fingerprint density at radius 1 is 0.892 bits per heavy atom. The summed E-state index contributed by atoms with van der Waals surface area (Å²) in [6, 6.07) is 17.6. The molecule has 0 aliphatic carbocycles. The molecule has 4 atom stereocenters. The Hall–Kier alpha value is -3.43. The van der Waals surface area contributed by atoms with E-state index in [4.69, 9.17) is 0 Å². The van der Waals surface area contributed by atoms with E-state index in [1.54, 1.807) is 11.7 Å². The minimum atomic E-state index is -1.21. The maximum absolute atomic E-state index is 13.0. The number of nitrogens with one attached hydrogen (secondary N) is 3.